The molecule has 0 fully saturated rings. The average molecular weight is 257 g/mol. The summed E-state index contributed by atoms with van der Waals surface area (Å²) in [5, 5.41) is 2.79. The maximum absolute atomic E-state index is 11.9. The van der Waals surface area contributed by atoms with Crippen LogP contribution in [0.15, 0.2) is 35.5 Å². The van der Waals surface area contributed by atoms with Gasteiger partial charge in [0.25, 0.3) is 0 Å². The van der Waals surface area contributed by atoms with Crippen molar-refractivity contribution < 1.29 is 22.7 Å². The molecule has 0 aliphatic carbocycles. The Morgan fingerprint density at radius 2 is 1.94 bits per heavy atom. The van der Waals surface area contributed by atoms with Gasteiger partial charge in [-0.1, -0.05) is 18.2 Å². The number of halogens is 3. The minimum atomic E-state index is -4.74. The predicted octanol–water partition coefficient (Wildman–Crippen LogP) is 3.44. The summed E-state index contributed by atoms with van der Waals surface area (Å²) in [5.74, 6) is -1.16. The van der Waals surface area contributed by atoms with Gasteiger partial charge in [0.1, 0.15) is 5.75 Å². The molecule has 1 aromatic carbocycles. The fourth-order valence-electron chi connectivity index (χ4n) is 1.03. The number of azide groups is 1. The van der Waals surface area contributed by atoms with Gasteiger partial charge in [0.15, 0.2) is 0 Å². The highest BCUT2D eigenvalue weighted by Gasteiger charge is 2.30. The van der Waals surface area contributed by atoms with E-state index in [0.717, 1.165) is 18.2 Å². The Balaban J connectivity index is 2.71. The maximum Gasteiger partial charge on any atom is 0.573 e. The molecule has 1 aromatic rings. The number of benzene rings is 1. The van der Waals surface area contributed by atoms with Gasteiger partial charge in [0, 0.05) is 4.91 Å². The molecule has 0 radical (unpaired) electrons. The van der Waals surface area contributed by atoms with E-state index >= 15 is 0 Å². The molecule has 94 valence electrons. The molecule has 0 bridgehead atoms. The molecule has 0 heterocycles. The Kier molecular flexibility index (Phi) is 4.33. The molecule has 1 rings (SSSR count). The lowest BCUT2D eigenvalue weighted by atomic mass is 10.2. The number of alkyl halides is 3. The van der Waals surface area contributed by atoms with Crippen molar-refractivity contribution in [3.05, 3.63) is 46.3 Å². The lowest BCUT2D eigenvalue weighted by Crippen LogP contribution is -2.16. The van der Waals surface area contributed by atoms with Crippen LogP contribution in [0, 0.1) is 0 Å². The highest BCUT2D eigenvalue weighted by atomic mass is 19.4. The Morgan fingerprint density at radius 1 is 1.33 bits per heavy atom. The molecule has 0 saturated carbocycles. The van der Waals surface area contributed by atoms with Crippen molar-refractivity contribution in [1.82, 2.24) is 0 Å². The third-order valence-corrected chi connectivity index (χ3v) is 1.68. The van der Waals surface area contributed by atoms with Crippen molar-refractivity contribution in [3.8, 4) is 5.75 Å². The quantitative estimate of drug-likeness (QED) is 0.360. The van der Waals surface area contributed by atoms with Gasteiger partial charge in [0.05, 0.1) is 0 Å². The summed E-state index contributed by atoms with van der Waals surface area (Å²) in [4.78, 5) is 13.1. The first-order chi connectivity index (χ1) is 8.40. The second kappa shape index (κ2) is 5.74. The van der Waals surface area contributed by atoms with E-state index in [1.807, 2.05) is 0 Å². The number of carbonyl (C=O) groups excluding carboxylic acids is 1. The molecule has 0 saturated heterocycles. The molecule has 0 unspecified atom stereocenters. The van der Waals surface area contributed by atoms with Gasteiger partial charge in [-0.25, -0.2) is 0 Å². The topological polar surface area (TPSA) is 75.1 Å². The molecular weight excluding hydrogens is 251 g/mol. The van der Waals surface area contributed by atoms with Crippen LogP contribution in [-0.2, 0) is 4.79 Å². The molecule has 5 nitrogen and oxygen atoms in total. The van der Waals surface area contributed by atoms with Crippen molar-refractivity contribution in [3.63, 3.8) is 0 Å². The normalized spacial score (nSPS) is 11.1. The molecule has 0 aliphatic heterocycles. The maximum atomic E-state index is 11.9. The zero-order valence-electron chi connectivity index (χ0n) is 8.76. The molecule has 0 spiro atoms. The van der Waals surface area contributed by atoms with Crippen LogP contribution >= 0.6 is 0 Å². The molecule has 0 aromatic heterocycles. The fraction of sp³-hybridized carbons (Fsp3) is 0.100. The van der Waals surface area contributed by atoms with Crippen molar-refractivity contribution in [2.45, 2.75) is 6.36 Å². The Hall–Kier alpha value is -2.47. The van der Waals surface area contributed by atoms with Crippen LogP contribution < -0.4 is 4.74 Å². The van der Waals surface area contributed by atoms with Gasteiger partial charge in [-0.15, -0.1) is 13.2 Å². The van der Waals surface area contributed by atoms with Gasteiger partial charge < -0.3 is 4.74 Å². The molecule has 1 amide bonds. The highest BCUT2D eigenvalue weighted by molar-refractivity contribution is 5.92. The van der Waals surface area contributed by atoms with Gasteiger partial charge in [-0.05, 0) is 34.4 Å². The summed E-state index contributed by atoms with van der Waals surface area (Å²) >= 11 is 0. The van der Waals surface area contributed by atoms with Crippen molar-refractivity contribution in [1.29, 1.82) is 0 Å². The third kappa shape index (κ3) is 5.04. The fourth-order valence-corrected chi connectivity index (χ4v) is 1.03. The summed E-state index contributed by atoms with van der Waals surface area (Å²) in [7, 11) is 0. The highest BCUT2D eigenvalue weighted by Crippen LogP contribution is 2.22. The van der Waals surface area contributed by atoms with E-state index in [4.69, 9.17) is 5.53 Å². The van der Waals surface area contributed by atoms with E-state index in [-0.39, 0.29) is 5.75 Å². The molecule has 0 N–H and O–H groups in total. The number of hydrogen-bond donors (Lipinski definition) is 0. The lowest BCUT2D eigenvalue weighted by Gasteiger charge is -2.08. The SMILES string of the molecule is [N-]=[N+]=NC(=O)C=Cc1ccc(OC(F)(F)F)cc1. The van der Waals surface area contributed by atoms with Crippen molar-refractivity contribution in [2.75, 3.05) is 0 Å². The van der Waals surface area contributed by atoms with Gasteiger partial charge >= 0.3 is 6.36 Å². The molecule has 8 heteroatoms. The number of ether oxygens (including phenoxy) is 1. The standard InChI is InChI=1S/C10H6F3N3O2/c11-10(12,13)18-8-4-1-7(2-5-8)3-6-9(17)15-16-14/h1-6H. The van der Waals surface area contributed by atoms with Crippen molar-refractivity contribution in [2.24, 2.45) is 5.11 Å². The summed E-state index contributed by atoms with van der Waals surface area (Å²) in [6.07, 6.45) is -2.44. The second-order valence-electron chi connectivity index (χ2n) is 2.98. The first-order valence-corrected chi connectivity index (χ1v) is 4.53. The van der Waals surface area contributed by atoms with Gasteiger partial charge in [-0.3, -0.25) is 4.79 Å². The second-order valence-corrected chi connectivity index (χ2v) is 2.98. The number of rotatable bonds is 3. The van der Waals surface area contributed by atoms with Crippen LogP contribution in [0.4, 0.5) is 13.2 Å². The first-order valence-electron chi connectivity index (χ1n) is 4.53. The van der Waals surface area contributed by atoms with Crippen LogP contribution in [0.3, 0.4) is 0 Å². The largest absolute Gasteiger partial charge is 0.573 e. The summed E-state index contributed by atoms with van der Waals surface area (Å²) in [5.41, 5.74) is 8.42. The number of nitrogens with zero attached hydrogens (tertiary/aromatic N) is 3. The van der Waals surface area contributed by atoms with Gasteiger partial charge in [0.2, 0.25) is 5.91 Å². The van der Waals surface area contributed by atoms with E-state index in [1.165, 1.54) is 18.2 Å². The van der Waals surface area contributed by atoms with Crippen LogP contribution in [0.1, 0.15) is 5.56 Å². The van der Waals surface area contributed by atoms with Crippen molar-refractivity contribution >= 4 is 12.0 Å². The number of carbonyl (C=O) groups is 1. The van der Waals surface area contributed by atoms with Crippen LogP contribution in [0.2, 0.25) is 0 Å². The smallest absolute Gasteiger partial charge is 0.406 e. The third-order valence-electron chi connectivity index (χ3n) is 1.68. The summed E-state index contributed by atoms with van der Waals surface area (Å²) < 4.78 is 39.2. The minimum Gasteiger partial charge on any atom is -0.406 e. The first kappa shape index (κ1) is 13.6. The molecule has 18 heavy (non-hydrogen) atoms. The Morgan fingerprint density at radius 3 is 2.44 bits per heavy atom. The summed E-state index contributed by atoms with van der Waals surface area (Å²) in [6, 6.07) is 4.85. The van der Waals surface area contributed by atoms with Crippen LogP contribution in [0.25, 0.3) is 16.5 Å². The van der Waals surface area contributed by atoms with E-state index in [1.54, 1.807) is 0 Å². The predicted molar refractivity (Wildman–Crippen MR) is 56.3 cm³/mol. The number of amides is 1. The van der Waals surface area contributed by atoms with E-state index < -0.39 is 12.3 Å². The Bertz CT molecular complexity index is 502. The Labute approximate surface area is 99.1 Å². The average Bonchev–Trinajstić information content (AvgIpc) is 2.26. The number of hydrogen-bond acceptors (Lipinski definition) is 2. The molecule has 0 atom stereocenters. The minimum absolute atomic E-state index is 0.360. The van der Waals surface area contributed by atoms with Gasteiger partial charge in [-0.2, -0.15) is 0 Å². The van der Waals surface area contributed by atoms with Crippen LogP contribution in [-0.4, -0.2) is 12.3 Å². The zero-order valence-corrected chi connectivity index (χ0v) is 8.76. The monoisotopic (exact) mass is 257 g/mol. The van der Waals surface area contributed by atoms with Crippen LogP contribution in [0.5, 0.6) is 5.75 Å². The molecular formula is C10H6F3N3O2. The van der Waals surface area contributed by atoms with E-state index in [0.29, 0.717) is 5.56 Å². The molecule has 0 aliphatic rings. The lowest BCUT2D eigenvalue weighted by molar-refractivity contribution is -0.274. The van der Waals surface area contributed by atoms with E-state index in [9.17, 15) is 18.0 Å². The summed E-state index contributed by atoms with van der Waals surface area (Å²) in [6.45, 7) is 0. The zero-order chi connectivity index (χ0) is 13.6. The van der Waals surface area contributed by atoms with E-state index in [2.05, 4.69) is 14.8 Å².